The summed E-state index contributed by atoms with van der Waals surface area (Å²) in [6.07, 6.45) is 0.632. The predicted octanol–water partition coefficient (Wildman–Crippen LogP) is 2.80. The minimum atomic E-state index is -0.816. The zero-order chi connectivity index (χ0) is 12.1. The van der Waals surface area contributed by atoms with Gasteiger partial charge in [0.25, 0.3) is 0 Å². The summed E-state index contributed by atoms with van der Waals surface area (Å²) in [6, 6.07) is 4.92. The van der Waals surface area contributed by atoms with Gasteiger partial charge in [-0.1, -0.05) is 6.07 Å². The average Bonchev–Trinajstić information content (AvgIpc) is 2.21. The minimum absolute atomic E-state index is 0.0122. The van der Waals surface area contributed by atoms with E-state index in [-0.39, 0.29) is 18.3 Å². The average molecular weight is 225 g/mol. The number of carboxylic acid groups (broad SMARTS) is 1. The van der Waals surface area contributed by atoms with Crippen LogP contribution in [0.25, 0.3) is 0 Å². The molecule has 1 atom stereocenters. The fourth-order valence-corrected chi connectivity index (χ4v) is 1.38. The highest BCUT2D eigenvalue weighted by molar-refractivity contribution is 5.66. The minimum Gasteiger partial charge on any atom is -0.481 e. The molecule has 88 valence electrons. The molecule has 0 radical (unpaired) electrons. The summed E-state index contributed by atoms with van der Waals surface area (Å²) in [7, 11) is 0. The molecule has 0 heterocycles. The summed E-state index contributed by atoms with van der Waals surface area (Å²) in [5, 5.41) is 11.6. The zero-order valence-corrected chi connectivity index (χ0v) is 9.46. The van der Waals surface area contributed by atoms with Gasteiger partial charge in [0.1, 0.15) is 5.82 Å². The molecule has 0 aliphatic rings. The van der Waals surface area contributed by atoms with Crippen LogP contribution in [-0.4, -0.2) is 17.1 Å². The number of aryl methyl sites for hydroxylation is 1. The fraction of sp³-hybridized carbons (Fsp3) is 0.417. The van der Waals surface area contributed by atoms with Crippen LogP contribution >= 0.6 is 0 Å². The van der Waals surface area contributed by atoms with Gasteiger partial charge in [-0.05, 0) is 38.0 Å². The summed E-state index contributed by atoms with van der Waals surface area (Å²) < 4.78 is 13.2. The molecule has 4 heteroatoms. The Hall–Kier alpha value is -1.58. The third-order valence-electron chi connectivity index (χ3n) is 2.38. The van der Waals surface area contributed by atoms with Crippen LogP contribution in [0.1, 0.15) is 25.3 Å². The van der Waals surface area contributed by atoms with Crippen molar-refractivity contribution in [1.82, 2.24) is 0 Å². The second-order valence-electron chi connectivity index (χ2n) is 3.94. The first kappa shape index (κ1) is 12.5. The van der Waals surface area contributed by atoms with Gasteiger partial charge in [0.2, 0.25) is 0 Å². The Kier molecular flexibility index (Phi) is 4.28. The summed E-state index contributed by atoms with van der Waals surface area (Å²) in [5.74, 6) is -1.07. The lowest BCUT2D eigenvalue weighted by molar-refractivity contribution is -0.137. The topological polar surface area (TPSA) is 49.3 Å². The van der Waals surface area contributed by atoms with Gasteiger partial charge in [0.15, 0.2) is 0 Å². The molecule has 2 N–H and O–H groups in total. The molecule has 0 aliphatic carbocycles. The Balaban J connectivity index is 2.52. The molecule has 0 amide bonds. The fourth-order valence-electron chi connectivity index (χ4n) is 1.38. The maximum Gasteiger partial charge on any atom is 0.303 e. The lowest BCUT2D eigenvalue weighted by Gasteiger charge is -2.14. The summed E-state index contributed by atoms with van der Waals surface area (Å²) in [4.78, 5) is 10.4. The highest BCUT2D eigenvalue weighted by Gasteiger charge is 2.06. The largest absolute Gasteiger partial charge is 0.481 e. The molecule has 1 rings (SSSR count). The van der Waals surface area contributed by atoms with Crippen LogP contribution in [0.2, 0.25) is 0 Å². The number of anilines is 1. The molecule has 0 bridgehead atoms. The van der Waals surface area contributed by atoms with E-state index in [0.29, 0.717) is 17.7 Å². The number of carboxylic acids is 1. The Labute approximate surface area is 94.3 Å². The van der Waals surface area contributed by atoms with Crippen molar-refractivity contribution in [2.45, 2.75) is 32.7 Å². The van der Waals surface area contributed by atoms with E-state index in [4.69, 9.17) is 5.11 Å². The first-order valence-electron chi connectivity index (χ1n) is 5.23. The number of halogens is 1. The monoisotopic (exact) mass is 225 g/mol. The highest BCUT2D eigenvalue weighted by atomic mass is 19.1. The lowest BCUT2D eigenvalue weighted by atomic mass is 10.1. The van der Waals surface area contributed by atoms with Crippen LogP contribution in [0, 0.1) is 12.7 Å². The number of nitrogens with one attached hydrogen (secondary N) is 1. The van der Waals surface area contributed by atoms with Gasteiger partial charge in [-0.2, -0.15) is 0 Å². The van der Waals surface area contributed by atoms with E-state index in [1.165, 1.54) is 6.07 Å². The third kappa shape index (κ3) is 3.88. The highest BCUT2D eigenvalue weighted by Crippen LogP contribution is 2.15. The van der Waals surface area contributed by atoms with Crippen molar-refractivity contribution in [1.29, 1.82) is 0 Å². The van der Waals surface area contributed by atoms with E-state index in [0.717, 1.165) is 0 Å². The van der Waals surface area contributed by atoms with Crippen molar-refractivity contribution in [2.24, 2.45) is 0 Å². The quantitative estimate of drug-likeness (QED) is 0.810. The first-order valence-corrected chi connectivity index (χ1v) is 5.23. The van der Waals surface area contributed by atoms with Crippen LogP contribution in [0.3, 0.4) is 0 Å². The maximum absolute atomic E-state index is 13.2. The molecular formula is C12H16FNO2. The van der Waals surface area contributed by atoms with E-state index in [1.807, 2.05) is 6.92 Å². The standard InChI is InChI=1S/C12H16FNO2/c1-8-3-5-10(7-11(8)13)14-9(2)4-6-12(15)16/h3,5,7,9,14H,4,6H2,1-2H3,(H,15,16). The van der Waals surface area contributed by atoms with Crippen molar-refractivity contribution in [3.05, 3.63) is 29.6 Å². The first-order chi connectivity index (χ1) is 7.49. The molecule has 1 unspecified atom stereocenters. The van der Waals surface area contributed by atoms with Gasteiger partial charge in [-0.15, -0.1) is 0 Å². The van der Waals surface area contributed by atoms with Crippen molar-refractivity contribution in [3.63, 3.8) is 0 Å². The smallest absolute Gasteiger partial charge is 0.303 e. The maximum atomic E-state index is 13.2. The second-order valence-corrected chi connectivity index (χ2v) is 3.94. The van der Waals surface area contributed by atoms with Crippen molar-refractivity contribution >= 4 is 11.7 Å². The van der Waals surface area contributed by atoms with E-state index in [2.05, 4.69) is 5.32 Å². The number of hydrogen-bond donors (Lipinski definition) is 2. The number of carbonyl (C=O) groups is 1. The molecule has 0 saturated carbocycles. The van der Waals surface area contributed by atoms with Crippen molar-refractivity contribution in [3.8, 4) is 0 Å². The molecule has 0 spiro atoms. The molecule has 16 heavy (non-hydrogen) atoms. The Morgan fingerprint density at radius 2 is 2.25 bits per heavy atom. The predicted molar refractivity (Wildman–Crippen MR) is 61.1 cm³/mol. The normalized spacial score (nSPS) is 12.2. The van der Waals surface area contributed by atoms with Gasteiger partial charge in [0, 0.05) is 18.2 Å². The third-order valence-corrected chi connectivity index (χ3v) is 2.38. The van der Waals surface area contributed by atoms with Gasteiger partial charge >= 0.3 is 5.97 Å². The number of rotatable bonds is 5. The number of aliphatic carboxylic acids is 1. The van der Waals surface area contributed by atoms with Crippen molar-refractivity contribution < 1.29 is 14.3 Å². The molecule has 0 aliphatic heterocycles. The van der Waals surface area contributed by atoms with Gasteiger partial charge < -0.3 is 10.4 Å². The molecule has 3 nitrogen and oxygen atoms in total. The van der Waals surface area contributed by atoms with Crippen LogP contribution < -0.4 is 5.32 Å². The number of benzene rings is 1. The van der Waals surface area contributed by atoms with Crippen LogP contribution in [-0.2, 0) is 4.79 Å². The molecule has 1 aromatic carbocycles. The van der Waals surface area contributed by atoms with Crippen LogP contribution in [0.5, 0.6) is 0 Å². The van der Waals surface area contributed by atoms with Crippen LogP contribution in [0.4, 0.5) is 10.1 Å². The Bertz CT molecular complexity index is 379. The van der Waals surface area contributed by atoms with Gasteiger partial charge in [-0.25, -0.2) is 4.39 Å². The summed E-state index contributed by atoms with van der Waals surface area (Å²) >= 11 is 0. The Morgan fingerprint density at radius 1 is 1.56 bits per heavy atom. The molecule has 0 aromatic heterocycles. The van der Waals surface area contributed by atoms with Gasteiger partial charge in [-0.3, -0.25) is 4.79 Å². The molecule has 0 saturated heterocycles. The van der Waals surface area contributed by atoms with E-state index in [1.54, 1.807) is 19.1 Å². The SMILES string of the molecule is Cc1ccc(NC(C)CCC(=O)O)cc1F. The Morgan fingerprint density at radius 3 is 2.81 bits per heavy atom. The van der Waals surface area contributed by atoms with E-state index >= 15 is 0 Å². The zero-order valence-electron chi connectivity index (χ0n) is 9.46. The molecule has 0 fully saturated rings. The van der Waals surface area contributed by atoms with E-state index in [9.17, 15) is 9.18 Å². The number of hydrogen-bond acceptors (Lipinski definition) is 2. The van der Waals surface area contributed by atoms with Crippen molar-refractivity contribution in [2.75, 3.05) is 5.32 Å². The van der Waals surface area contributed by atoms with Crippen LogP contribution in [0.15, 0.2) is 18.2 Å². The second kappa shape index (κ2) is 5.49. The summed E-state index contributed by atoms with van der Waals surface area (Å²) in [5.41, 5.74) is 1.28. The summed E-state index contributed by atoms with van der Waals surface area (Å²) in [6.45, 7) is 3.58. The molecular weight excluding hydrogens is 209 g/mol. The van der Waals surface area contributed by atoms with E-state index < -0.39 is 5.97 Å². The van der Waals surface area contributed by atoms with Gasteiger partial charge in [0.05, 0.1) is 0 Å². The lowest BCUT2D eigenvalue weighted by Crippen LogP contribution is -2.16. The molecule has 1 aromatic rings.